The molecule has 1 N–H and O–H groups in total. The summed E-state index contributed by atoms with van der Waals surface area (Å²) in [4.78, 5) is 0. The van der Waals surface area contributed by atoms with Gasteiger partial charge in [0.05, 0.1) is 13.7 Å². The zero-order valence-corrected chi connectivity index (χ0v) is 14.0. The summed E-state index contributed by atoms with van der Waals surface area (Å²) in [6.45, 7) is 8.05. The molecule has 2 rings (SSSR count). The fourth-order valence-electron chi connectivity index (χ4n) is 2.54. The van der Waals surface area contributed by atoms with Gasteiger partial charge in [-0.25, -0.2) is 0 Å². The first-order valence-corrected chi connectivity index (χ1v) is 7.96. The minimum atomic E-state index is 0.617. The Kier molecular flexibility index (Phi) is 6.70. The molecule has 0 unspecified atom stereocenters. The fraction of sp³-hybridized carbons (Fsp3) is 0.300. The Hall–Kier alpha value is -2.26. The molecular weight excluding hydrogens is 286 g/mol. The molecular formula is C20H25NO2. The SMILES string of the molecule is C=CCc1cc(CNCc2ccccc2)cc(OC)c1OCC. The van der Waals surface area contributed by atoms with E-state index in [2.05, 4.69) is 42.2 Å². The molecule has 0 saturated heterocycles. The van der Waals surface area contributed by atoms with Crippen LogP contribution in [-0.4, -0.2) is 13.7 Å². The number of benzene rings is 2. The van der Waals surface area contributed by atoms with E-state index < -0.39 is 0 Å². The van der Waals surface area contributed by atoms with Crippen LogP contribution in [0.4, 0.5) is 0 Å². The number of allylic oxidation sites excluding steroid dienone is 1. The average molecular weight is 311 g/mol. The molecule has 0 atom stereocenters. The van der Waals surface area contributed by atoms with Gasteiger partial charge in [0.2, 0.25) is 0 Å². The van der Waals surface area contributed by atoms with Crippen LogP contribution in [-0.2, 0) is 19.5 Å². The van der Waals surface area contributed by atoms with Gasteiger partial charge in [-0.2, -0.15) is 0 Å². The molecule has 0 aliphatic heterocycles. The van der Waals surface area contributed by atoms with Gasteiger partial charge < -0.3 is 14.8 Å². The Morgan fingerprint density at radius 1 is 1.09 bits per heavy atom. The van der Waals surface area contributed by atoms with Crippen molar-refractivity contribution in [3.8, 4) is 11.5 Å². The van der Waals surface area contributed by atoms with E-state index in [-0.39, 0.29) is 0 Å². The summed E-state index contributed by atoms with van der Waals surface area (Å²) in [5.41, 5.74) is 3.56. The van der Waals surface area contributed by atoms with E-state index in [1.165, 1.54) is 11.1 Å². The monoisotopic (exact) mass is 311 g/mol. The summed E-state index contributed by atoms with van der Waals surface area (Å²) in [7, 11) is 1.68. The molecule has 0 saturated carbocycles. The lowest BCUT2D eigenvalue weighted by Crippen LogP contribution is -2.13. The van der Waals surface area contributed by atoms with Gasteiger partial charge in [-0.1, -0.05) is 42.5 Å². The molecule has 3 heteroatoms. The van der Waals surface area contributed by atoms with Crippen LogP contribution in [0.5, 0.6) is 11.5 Å². The lowest BCUT2D eigenvalue weighted by atomic mass is 10.1. The van der Waals surface area contributed by atoms with Gasteiger partial charge in [0, 0.05) is 18.7 Å². The highest BCUT2D eigenvalue weighted by molar-refractivity contribution is 5.50. The first kappa shape index (κ1) is 17.1. The first-order chi connectivity index (χ1) is 11.3. The third kappa shape index (κ3) is 4.86. The molecule has 0 radical (unpaired) electrons. The van der Waals surface area contributed by atoms with Crippen molar-refractivity contribution in [2.45, 2.75) is 26.4 Å². The van der Waals surface area contributed by atoms with Gasteiger partial charge in [-0.05, 0) is 30.5 Å². The topological polar surface area (TPSA) is 30.5 Å². The highest BCUT2D eigenvalue weighted by Gasteiger charge is 2.12. The van der Waals surface area contributed by atoms with Crippen molar-refractivity contribution in [3.05, 3.63) is 71.8 Å². The van der Waals surface area contributed by atoms with Crippen LogP contribution in [0, 0.1) is 0 Å². The van der Waals surface area contributed by atoms with Crippen LogP contribution >= 0.6 is 0 Å². The van der Waals surface area contributed by atoms with Gasteiger partial charge in [-0.3, -0.25) is 0 Å². The quantitative estimate of drug-likeness (QED) is 0.707. The van der Waals surface area contributed by atoms with E-state index in [0.717, 1.165) is 36.6 Å². The predicted octanol–water partition coefficient (Wildman–Crippen LogP) is 4.11. The first-order valence-electron chi connectivity index (χ1n) is 7.96. The summed E-state index contributed by atoms with van der Waals surface area (Å²) in [6, 6.07) is 14.6. The third-order valence-electron chi connectivity index (χ3n) is 3.57. The van der Waals surface area contributed by atoms with Crippen LogP contribution in [0.1, 0.15) is 23.6 Å². The highest BCUT2D eigenvalue weighted by atomic mass is 16.5. The Morgan fingerprint density at radius 2 is 1.83 bits per heavy atom. The maximum atomic E-state index is 5.75. The van der Waals surface area contributed by atoms with E-state index in [1.807, 2.05) is 25.1 Å². The Morgan fingerprint density at radius 3 is 2.48 bits per heavy atom. The lowest BCUT2D eigenvalue weighted by Gasteiger charge is -2.16. The van der Waals surface area contributed by atoms with Gasteiger partial charge in [0.25, 0.3) is 0 Å². The van der Waals surface area contributed by atoms with E-state index in [0.29, 0.717) is 6.61 Å². The number of methoxy groups -OCH3 is 1. The number of hydrogen-bond acceptors (Lipinski definition) is 3. The van der Waals surface area contributed by atoms with Crippen molar-refractivity contribution in [3.63, 3.8) is 0 Å². The number of ether oxygens (including phenoxy) is 2. The van der Waals surface area contributed by atoms with Crippen molar-refractivity contribution in [2.75, 3.05) is 13.7 Å². The average Bonchev–Trinajstić information content (AvgIpc) is 2.58. The van der Waals surface area contributed by atoms with E-state index in [4.69, 9.17) is 9.47 Å². The van der Waals surface area contributed by atoms with Crippen LogP contribution < -0.4 is 14.8 Å². The fourth-order valence-corrected chi connectivity index (χ4v) is 2.54. The molecule has 0 aromatic heterocycles. The molecule has 0 spiro atoms. The molecule has 0 amide bonds. The molecule has 2 aromatic rings. The van der Waals surface area contributed by atoms with Crippen molar-refractivity contribution in [1.82, 2.24) is 5.32 Å². The minimum absolute atomic E-state index is 0.617. The second-order valence-electron chi connectivity index (χ2n) is 5.30. The van der Waals surface area contributed by atoms with Crippen molar-refractivity contribution in [2.24, 2.45) is 0 Å². The number of nitrogens with one attached hydrogen (secondary N) is 1. The number of hydrogen-bond donors (Lipinski definition) is 1. The molecule has 0 aliphatic rings. The Balaban J connectivity index is 2.11. The molecule has 2 aromatic carbocycles. The van der Waals surface area contributed by atoms with Gasteiger partial charge >= 0.3 is 0 Å². The molecule has 0 heterocycles. The molecule has 23 heavy (non-hydrogen) atoms. The highest BCUT2D eigenvalue weighted by Crippen LogP contribution is 2.33. The standard InChI is InChI=1S/C20H25NO2/c1-4-9-18-12-17(13-19(22-3)20(18)23-5-2)15-21-14-16-10-7-6-8-11-16/h4,6-8,10-13,21H,1,5,9,14-15H2,2-3H3. The second kappa shape index (κ2) is 9.01. The van der Waals surface area contributed by atoms with Crippen molar-refractivity contribution >= 4 is 0 Å². The largest absolute Gasteiger partial charge is 0.493 e. The van der Waals surface area contributed by atoms with Crippen molar-refractivity contribution < 1.29 is 9.47 Å². The van der Waals surface area contributed by atoms with Crippen LogP contribution in [0.2, 0.25) is 0 Å². The Bertz CT molecular complexity index is 623. The minimum Gasteiger partial charge on any atom is -0.493 e. The summed E-state index contributed by atoms with van der Waals surface area (Å²) in [5.74, 6) is 1.60. The smallest absolute Gasteiger partial charge is 0.164 e. The van der Waals surface area contributed by atoms with Crippen molar-refractivity contribution in [1.29, 1.82) is 0 Å². The molecule has 0 bridgehead atoms. The summed E-state index contributed by atoms with van der Waals surface area (Å²) in [5, 5.41) is 3.47. The van der Waals surface area contributed by atoms with Crippen LogP contribution in [0.3, 0.4) is 0 Å². The van der Waals surface area contributed by atoms with Gasteiger partial charge in [-0.15, -0.1) is 6.58 Å². The molecule has 3 nitrogen and oxygen atoms in total. The zero-order valence-electron chi connectivity index (χ0n) is 14.0. The molecule has 122 valence electrons. The summed E-state index contributed by atoms with van der Waals surface area (Å²) < 4.78 is 11.3. The van der Waals surface area contributed by atoms with Gasteiger partial charge in [0.1, 0.15) is 0 Å². The summed E-state index contributed by atoms with van der Waals surface area (Å²) >= 11 is 0. The maximum Gasteiger partial charge on any atom is 0.164 e. The lowest BCUT2D eigenvalue weighted by molar-refractivity contribution is 0.308. The van der Waals surface area contributed by atoms with E-state index in [1.54, 1.807) is 7.11 Å². The number of rotatable bonds is 9. The van der Waals surface area contributed by atoms with Crippen LogP contribution in [0.25, 0.3) is 0 Å². The van der Waals surface area contributed by atoms with Crippen LogP contribution in [0.15, 0.2) is 55.1 Å². The zero-order chi connectivity index (χ0) is 16.5. The molecule has 0 fully saturated rings. The Labute approximate surface area is 138 Å². The van der Waals surface area contributed by atoms with E-state index in [9.17, 15) is 0 Å². The predicted molar refractivity (Wildman–Crippen MR) is 95.0 cm³/mol. The van der Waals surface area contributed by atoms with E-state index >= 15 is 0 Å². The summed E-state index contributed by atoms with van der Waals surface area (Å²) in [6.07, 6.45) is 2.65. The van der Waals surface area contributed by atoms with Gasteiger partial charge in [0.15, 0.2) is 11.5 Å². The third-order valence-corrected chi connectivity index (χ3v) is 3.57. The molecule has 0 aliphatic carbocycles. The maximum absolute atomic E-state index is 5.75. The second-order valence-corrected chi connectivity index (χ2v) is 5.30. The normalized spacial score (nSPS) is 10.3.